The Labute approximate surface area is 174 Å². The number of ether oxygens (including phenoxy) is 1. The molecule has 27 heavy (non-hydrogen) atoms. The Morgan fingerprint density at radius 3 is 3.04 bits per heavy atom. The number of aromatic nitrogens is 5. The van der Waals surface area contributed by atoms with E-state index in [1.54, 1.807) is 11.7 Å². The van der Waals surface area contributed by atoms with Gasteiger partial charge in [0.2, 0.25) is 0 Å². The van der Waals surface area contributed by atoms with E-state index in [2.05, 4.69) is 30.5 Å². The maximum absolute atomic E-state index is 5.91. The van der Waals surface area contributed by atoms with Crippen LogP contribution in [0.5, 0.6) is 0 Å². The molecule has 3 aromatic heterocycles. The minimum absolute atomic E-state index is 0. The molecule has 0 bridgehead atoms. The van der Waals surface area contributed by atoms with Crippen molar-refractivity contribution >= 4 is 35.6 Å². The molecule has 1 saturated heterocycles. The third-order valence-corrected chi connectivity index (χ3v) is 4.46. The lowest BCUT2D eigenvalue weighted by Gasteiger charge is -2.34. The highest BCUT2D eigenvalue weighted by atomic mass is 127. The van der Waals surface area contributed by atoms with E-state index in [4.69, 9.17) is 4.74 Å². The SMILES string of the molecule is CN=C(NCc1nnc2ccccn12)N1CCOC(c2cnn(C)c2)C1.I. The smallest absolute Gasteiger partial charge is 0.194 e. The third kappa shape index (κ3) is 4.21. The molecule has 0 radical (unpaired) electrons. The van der Waals surface area contributed by atoms with Crippen molar-refractivity contribution in [3.8, 4) is 0 Å². The number of hydrogen-bond donors (Lipinski definition) is 1. The second kappa shape index (κ2) is 8.65. The van der Waals surface area contributed by atoms with Gasteiger partial charge in [-0.15, -0.1) is 34.2 Å². The van der Waals surface area contributed by atoms with Gasteiger partial charge in [-0.2, -0.15) is 5.10 Å². The molecule has 4 rings (SSSR count). The van der Waals surface area contributed by atoms with Crippen molar-refractivity contribution in [3.05, 3.63) is 48.2 Å². The molecule has 0 amide bonds. The highest BCUT2D eigenvalue weighted by molar-refractivity contribution is 14.0. The van der Waals surface area contributed by atoms with E-state index in [0.29, 0.717) is 13.2 Å². The average Bonchev–Trinajstić information content (AvgIpc) is 3.29. The van der Waals surface area contributed by atoms with Crippen molar-refractivity contribution < 1.29 is 4.74 Å². The molecular formula is C17H23IN8O. The van der Waals surface area contributed by atoms with Crippen molar-refractivity contribution in [3.63, 3.8) is 0 Å². The maximum atomic E-state index is 5.91. The summed E-state index contributed by atoms with van der Waals surface area (Å²) in [7, 11) is 3.70. The predicted octanol–water partition coefficient (Wildman–Crippen LogP) is 1.23. The van der Waals surface area contributed by atoms with E-state index in [1.807, 2.05) is 48.2 Å². The quantitative estimate of drug-likeness (QED) is 0.344. The van der Waals surface area contributed by atoms with Crippen LogP contribution < -0.4 is 5.32 Å². The van der Waals surface area contributed by atoms with E-state index in [0.717, 1.165) is 36.1 Å². The number of halogens is 1. The molecule has 1 unspecified atom stereocenters. The minimum Gasteiger partial charge on any atom is -0.370 e. The number of nitrogens with one attached hydrogen (secondary N) is 1. The summed E-state index contributed by atoms with van der Waals surface area (Å²) in [6.45, 7) is 2.71. The molecule has 1 fully saturated rings. The number of guanidine groups is 1. The molecular weight excluding hydrogens is 459 g/mol. The van der Waals surface area contributed by atoms with Crippen molar-refractivity contribution in [2.75, 3.05) is 26.7 Å². The number of aryl methyl sites for hydroxylation is 1. The van der Waals surface area contributed by atoms with Crippen LogP contribution in [0.25, 0.3) is 5.65 Å². The molecule has 1 atom stereocenters. The largest absolute Gasteiger partial charge is 0.370 e. The number of pyridine rings is 1. The van der Waals surface area contributed by atoms with Gasteiger partial charge < -0.3 is 15.0 Å². The van der Waals surface area contributed by atoms with Crippen LogP contribution in [0.3, 0.4) is 0 Å². The van der Waals surface area contributed by atoms with Crippen LogP contribution in [0.15, 0.2) is 41.8 Å². The van der Waals surface area contributed by atoms with E-state index in [9.17, 15) is 0 Å². The van der Waals surface area contributed by atoms with E-state index >= 15 is 0 Å². The molecule has 3 aromatic rings. The first-order valence-corrected chi connectivity index (χ1v) is 8.59. The zero-order valence-corrected chi connectivity index (χ0v) is 17.6. The van der Waals surface area contributed by atoms with Crippen LogP contribution in [0.1, 0.15) is 17.5 Å². The molecule has 0 aliphatic carbocycles. The van der Waals surface area contributed by atoms with Gasteiger partial charge in [0, 0.05) is 38.6 Å². The molecule has 1 aliphatic heterocycles. The number of nitrogens with zero attached hydrogens (tertiary/aromatic N) is 7. The Balaban J connectivity index is 0.00000210. The molecule has 4 heterocycles. The Kier molecular flexibility index (Phi) is 6.26. The van der Waals surface area contributed by atoms with Crippen molar-refractivity contribution in [1.29, 1.82) is 0 Å². The molecule has 10 heteroatoms. The number of fused-ring (bicyclic) bond motifs is 1. The van der Waals surface area contributed by atoms with Gasteiger partial charge in [-0.3, -0.25) is 14.1 Å². The first kappa shape index (κ1) is 19.5. The number of rotatable bonds is 3. The first-order valence-electron chi connectivity index (χ1n) is 8.59. The summed E-state index contributed by atoms with van der Waals surface area (Å²) in [5.41, 5.74) is 1.92. The lowest BCUT2D eigenvalue weighted by atomic mass is 10.1. The van der Waals surface area contributed by atoms with Gasteiger partial charge in [-0.1, -0.05) is 6.07 Å². The molecule has 1 aliphatic rings. The average molecular weight is 482 g/mol. The molecule has 1 N–H and O–H groups in total. The Morgan fingerprint density at radius 2 is 2.26 bits per heavy atom. The molecule has 0 saturated carbocycles. The molecule has 0 aromatic carbocycles. The summed E-state index contributed by atoms with van der Waals surface area (Å²) in [6, 6.07) is 5.85. The second-order valence-electron chi connectivity index (χ2n) is 6.20. The number of morpholine rings is 1. The van der Waals surface area contributed by atoms with Gasteiger partial charge in [-0.05, 0) is 12.1 Å². The normalized spacial score (nSPS) is 17.8. The Hall–Kier alpha value is -2.21. The standard InChI is InChI=1S/C17H22N8O.HI/c1-18-17(19-10-16-22-21-15-5-3-4-6-25(15)16)24-7-8-26-14(12-24)13-9-20-23(2)11-13;/h3-6,9,11,14H,7-8,10,12H2,1-2H3,(H,18,19);1H. The summed E-state index contributed by atoms with van der Waals surface area (Å²) in [4.78, 5) is 6.62. The van der Waals surface area contributed by atoms with Gasteiger partial charge in [0.05, 0.1) is 25.9 Å². The topological polar surface area (TPSA) is 84.9 Å². The number of aliphatic imine (C=N–C) groups is 1. The summed E-state index contributed by atoms with van der Waals surface area (Å²) < 4.78 is 9.67. The predicted molar refractivity (Wildman–Crippen MR) is 112 cm³/mol. The Bertz CT molecular complexity index is 920. The number of hydrogen-bond acceptors (Lipinski definition) is 5. The summed E-state index contributed by atoms with van der Waals surface area (Å²) in [5.74, 6) is 1.67. The first-order chi connectivity index (χ1) is 12.7. The van der Waals surface area contributed by atoms with Crippen LogP contribution in [-0.2, 0) is 18.3 Å². The fourth-order valence-electron chi connectivity index (χ4n) is 3.15. The zero-order chi connectivity index (χ0) is 17.9. The van der Waals surface area contributed by atoms with Crippen molar-refractivity contribution in [1.82, 2.24) is 34.6 Å². The highest BCUT2D eigenvalue weighted by Crippen LogP contribution is 2.21. The molecule has 9 nitrogen and oxygen atoms in total. The van der Waals surface area contributed by atoms with Gasteiger partial charge >= 0.3 is 0 Å². The third-order valence-electron chi connectivity index (χ3n) is 4.46. The van der Waals surface area contributed by atoms with Crippen LogP contribution in [0.2, 0.25) is 0 Å². The monoisotopic (exact) mass is 482 g/mol. The van der Waals surface area contributed by atoms with Crippen LogP contribution in [-0.4, -0.2) is 62.0 Å². The van der Waals surface area contributed by atoms with Crippen molar-refractivity contribution in [2.24, 2.45) is 12.0 Å². The summed E-state index contributed by atoms with van der Waals surface area (Å²) in [5, 5.41) is 16.1. The highest BCUT2D eigenvalue weighted by Gasteiger charge is 2.25. The Morgan fingerprint density at radius 1 is 1.37 bits per heavy atom. The van der Waals surface area contributed by atoms with Gasteiger partial charge in [-0.25, -0.2) is 0 Å². The van der Waals surface area contributed by atoms with Gasteiger partial charge in [0.15, 0.2) is 17.4 Å². The maximum Gasteiger partial charge on any atom is 0.194 e. The van der Waals surface area contributed by atoms with Crippen LogP contribution >= 0.6 is 24.0 Å². The van der Waals surface area contributed by atoms with Gasteiger partial charge in [0.25, 0.3) is 0 Å². The molecule has 0 spiro atoms. The lowest BCUT2D eigenvalue weighted by molar-refractivity contribution is -0.00806. The van der Waals surface area contributed by atoms with Crippen molar-refractivity contribution in [2.45, 2.75) is 12.6 Å². The summed E-state index contributed by atoms with van der Waals surface area (Å²) >= 11 is 0. The zero-order valence-electron chi connectivity index (χ0n) is 15.3. The second-order valence-corrected chi connectivity index (χ2v) is 6.20. The van der Waals surface area contributed by atoms with E-state index < -0.39 is 0 Å². The van der Waals surface area contributed by atoms with Crippen LogP contribution in [0, 0.1) is 0 Å². The fourth-order valence-corrected chi connectivity index (χ4v) is 3.15. The van der Waals surface area contributed by atoms with Crippen LogP contribution in [0.4, 0.5) is 0 Å². The fraction of sp³-hybridized carbons (Fsp3) is 0.412. The van der Waals surface area contributed by atoms with E-state index in [1.165, 1.54) is 0 Å². The summed E-state index contributed by atoms with van der Waals surface area (Å²) in [6.07, 6.45) is 5.80. The minimum atomic E-state index is -0.00933. The molecule has 144 valence electrons. The van der Waals surface area contributed by atoms with Gasteiger partial charge in [0.1, 0.15) is 6.10 Å². The lowest BCUT2D eigenvalue weighted by Crippen LogP contribution is -2.48. The van der Waals surface area contributed by atoms with E-state index in [-0.39, 0.29) is 30.1 Å².